The van der Waals surface area contributed by atoms with Crippen LogP contribution in [0.4, 0.5) is 0 Å². The molecule has 2 rings (SSSR count). The Morgan fingerprint density at radius 1 is 1.10 bits per heavy atom. The summed E-state index contributed by atoms with van der Waals surface area (Å²) in [6.07, 6.45) is 3.19. The summed E-state index contributed by atoms with van der Waals surface area (Å²) in [5.74, 6) is 1.02. The topological polar surface area (TPSA) is 78.6 Å². The zero-order chi connectivity index (χ0) is 23.2. The molecule has 0 amide bonds. The molecular formula is C25H35NO5. The fourth-order valence-electron chi connectivity index (χ4n) is 3.52. The van der Waals surface area contributed by atoms with Crippen LogP contribution in [0.2, 0.25) is 0 Å². The van der Waals surface area contributed by atoms with Crippen LogP contribution in [0.15, 0.2) is 28.9 Å². The molecular weight excluding hydrogens is 394 g/mol. The molecule has 0 aliphatic heterocycles. The summed E-state index contributed by atoms with van der Waals surface area (Å²) in [4.78, 5) is 28.6. The van der Waals surface area contributed by atoms with E-state index in [9.17, 15) is 9.59 Å². The van der Waals surface area contributed by atoms with Gasteiger partial charge in [-0.1, -0.05) is 46.8 Å². The van der Waals surface area contributed by atoms with Crippen molar-refractivity contribution in [2.45, 2.75) is 73.1 Å². The Hall–Kier alpha value is -2.63. The monoisotopic (exact) mass is 429 g/mol. The van der Waals surface area contributed by atoms with Crippen LogP contribution >= 0.6 is 0 Å². The lowest BCUT2D eigenvalue weighted by Gasteiger charge is -2.29. The van der Waals surface area contributed by atoms with E-state index in [4.69, 9.17) is 13.9 Å². The Kier molecular flexibility index (Phi) is 8.04. The number of nitrogens with zero attached hydrogens (tertiary/aromatic N) is 1. The maximum Gasteiger partial charge on any atom is 0.311 e. The molecule has 0 atom stereocenters. The number of aryl methyl sites for hydroxylation is 1. The van der Waals surface area contributed by atoms with Crippen molar-refractivity contribution in [2.75, 3.05) is 13.2 Å². The fraction of sp³-hybridized carbons (Fsp3) is 0.560. The smallest absolute Gasteiger partial charge is 0.311 e. The van der Waals surface area contributed by atoms with Crippen molar-refractivity contribution >= 4 is 11.8 Å². The maximum absolute atomic E-state index is 12.2. The summed E-state index contributed by atoms with van der Waals surface area (Å²) in [5, 5.41) is 0. The molecule has 0 aliphatic carbocycles. The number of oxazole rings is 1. The Bertz CT molecular complexity index is 903. The van der Waals surface area contributed by atoms with Gasteiger partial charge in [0.25, 0.3) is 0 Å². The first kappa shape index (κ1) is 24.6. The molecule has 1 aromatic carbocycles. The highest BCUT2D eigenvalue weighted by molar-refractivity contribution is 5.85. The van der Waals surface area contributed by atoms with Crippen molar-refractivity contribution < 1.29 is 23.5 Å². The second-order valence-corrected chi connectivity index (χ2v) is 8.86. The normalized spacial score (nSPS) is 12.0. The number of hydrogen-bond acceptors (Lipinski definition) is 6. The molecule has 31 heavy (non-hydrogen) atoms. The van der Waals surface area contributed by atoms with E-state index in [1.54, 1.807) is 6.92 Å². The van der Waals surface area contributed by atoms with E-state index in [2.05, 4.69) is 24.9 Å². The van der Waals surface area contributed by atoms with Gasteiger partial charge in [-0.3, -0.25) is 9.59 Å². The van der Waals surface area contributed by atoms with Crippen LogP contribution in [0.1, 0.15) is 77.1 Å². The molecule has 0 saturated heterocycles. The Morgan fingerprint density at radius 3 is 2.32 bits per heavy atom. The minimum atomic E-state index is -0.431. The summed E-state index contributed by atoms with van der Waals surface area (Å²) in [6, 6.07) is 5.98. The number of carbonyl (C=O) groups is 2. The van der Waals surface area contributed by atoms with Gasteiger partial charge in [0.15, 0.2) is 5.78 Å². The van der Waals surface area contributed by atoms with Crippen LogP contribution in [-0.4, -0.2) is 30.0 Å². The van der Waals surface area contributed by atoms with Crippen LogP contribution in [0, 0.1) is 12.3 Å². The minimum Gasteiger partial charge on any atom is -0.486 e. The Morgan fingerprint density at radius 2 is 1.77 bits per heavy atom. The molecule has 0 radical (unpaired) electrons. The van der Waals surface area contributed by atoms with Gasteiger partial charge in [0.2, 0.25) is 5.89 Å². The molecule has 0 N–H and O–H groups in total. The summed E-state index contributed by atoms with van der Waals surface area (Å²) < 4.78 is 16.6. The van der Waals surface area contributed by atoms with Crippen molar-refractivity contribution in [1.29, 1.82) is 0 Å². The molecule has 1 heterocycles. The number of aromatic nitrogens is 1. The molecule has 0 saturated carbocycles. The summed E-state index contributed by atoms with van der Waals surface area (Å²) in [7, 11) is 0. The first-order chi connectivity index (χ1) is 14.6. The third kappa shape index (κ3) is 5.75. The number of hydrogen-bond donors (Lipinski definition) is 0. The first-order valence-corrected chi connectivity index (χ1v) is 10.9. The number of rotatable bonds is 10. The molecule has 0 spiro atoms. The summed E-state index contributed by atoms with van der Waals surface area (Å²) >= 11 is 0. The van der Waals surface area contributed by atoms with E-state index >= 15 is 0 Å². The van der Waals surface area contributed by atoms with E-state index in [0.29, 0.717) is 23.9 Å². The standard InChI is InChI=1S/C25H35NO5/c1-8-25(9-2,23-26-19(15-31-23)14-22(28)29-10-3)18-11-12-20(17(4)13-18)30-16-21(27)24(5,6)7/h11-13,15H,8-10,14,16H2,1-7H3. The van der Waals surface area contributed by atoms with Gasteiger partial charge in [0.1, 0.15) is 18.6 Å². The van der Waals surface area contributed by atoms with E-state index < -0.39 is 10.8 Å². The molecule has 0 fully saturated rings. The van der Waals surface area contributed by atoms with Gasteiger partial charge in [0.05, 0.1) is 24.1 Å². The molecule has 6 nitrogen and oxygen atoms in total. The number of Topliss-reactive ketones (excluding diaryl/α,β-unsaturated/α-hetero) is 1. The van der Waals surface area contributed by atoms with Gasteiger partial charge in [-0.2, -0.15) is 0 Å². The van der Waals surface area contributed by atoms with Crippen molar-refractivity contribution in [3.05, 3.63) is 47.2 Å². The third-order valence-electron chi connectivity index (χ3n) is 5.72. The first-order valence-electron chi connectivity index (χ1n) is 10.9. The lowest BCUT2D eigenvalue weighted by molar-refractivity contribution is -0.142. The molecule has 0 aliphatic rings. The molecule has 0 bridgehead atoms. The van der Waals surface area contributed by atoms with Gasteiger partial charge in [-0.05, 0) is 43.9 Å². The lowest BCUT2D eigenvalue weighted by Crippen LogP contribution is -2.27. The fourth-order valence-corrected chi connectivity index (χ4v) is 3.52. The van der Waals surface area contributed by atoms with E-state index in [0.717, 1.165) is 24.0 Å². The van der Waals surface area contributed by atoms with Crippen molar-refractivity contribution in [3.63, 3.8) is 0 Å². The summed E-state index contributed by atoms with van der Waals surface area (Å²) in [6.45, 7) is 14.0. The van der Waals surface area contributed by atoms with E-state index in [1.165, 1.54) is 6.26 Å². The molecule has 0 unspecified atom stereocenters. The quantitative estimate of drug-likeness (QED) is 0.484. The zero-order valence-electron chi connectivity index (χ0n) is 19.8. The van der Waals surface area contributed by atoms with Gasteiger partial charge in [0, 0.05) is 5.41 Å². The zero-order valence-corrected chi connectivity index (χ0v) is 19.8. The molecule has 6 heteroatoms. The largest absolute Gasteiger partial charge is 0.486 e. The third-order valence-corrected chi connectivity index (χ3v) is 5.72. The van der Waals surface area contributed by atoms with Crippen LogP contribution < -0.4 is 4.74 Å². The molecule has 2 aromatic rings. The van der Waals surface area contributed by atoms with Gasteiger partial charge >= 0.3 is 5.97 Å². The van der Waals surface area contributed by atoms with E-state index in [1.807, 2.05) is 39.8 Å². The summed E-state index contributed by atoms with van der Waals surface area (Å²) in [5.41, 5.74) is 1.73. The maximum atomic E-state index is 12.2. The predicted octanol–water partition coefficient (Wildman–Crippen LogP) is 5.19. The highest BCUT2D eigenvalue weighted by Crippen LogP contribution is 2.40. The average molecular weight is 430 g/mol. The average Bonchev–Trinajstić information content (AvgIpc) is 3.16. The van der Waals surface area contributed by atoms with Crippen LogP contribution in [0.3, 0.4) is 0 Å². The van der Waals surface area contributed by atoms with Crippen molar-refractivity contribution in [1.82, 2.24) is 4.98 Å². The van der Waals surface area contributed by atoms with Gasteiger partial charge in [-0.15, -0.1) is 0 Å². The van der Waals surface area contributed by atoms with Crippen molar-refractivity contribution in [3.8, 4) is 5.75 Å². The second kappa shape index (κ2) is 10.1. The number of benzene rings is 1. The highest BCUT2D eigenvalue weighted by atomic mass is 16.5. The van der Waals surface area contributed by atoms with Crippen LogP contribution in [0.5, 0.6) is 5.75 Å². The van der Waals surface area contributed by atoms with E-state index in [-0.39, 0.29) is 24.8 Å². The predicted molar refractivity (Wildman–Crippen MR) is 119 cm³/mol. The van der Waals surface area contributed by atoms with Crippen LogP contribution in [0.25, 0.3) is 0 Å². The number of carbonyl (C=O) groups excluding carboxylic acids is 2. The lowest BCUT2D eigenvalue weighted by atomic mass is 9.75. The highest BCUT2D eigenvalue weighted by Gasteiger charge is 2.36. The Balaban J connectivity index is 2.28. The molecule has 1 aromatic heterocycles. The van der Waals surface area contributed by atoms with Gasteiger partial charge in [-0.25, -0.2) is 4.98 Å². The number of esters is 1. The minimum absolute atomic E-state index is 0.0490. The SMILES string of the molecule is CCOC(=O)Cc1coc(C(CC)(CC)c2ccc(OCC(=O)C(C)(C)C)c(C)c2)n1. The number of ketones is 1. The number of ether oxygens (including phenoxy) is 2. The van der Waals surface area contributed by atoms with Crippen LogP contribution in [-0.2, 0) is 26.2 Å². The second-order valence-electron chi connectivity index (χ2n) is 8.86. The van der Waals surface area contributed by atoms with Crippen molar-refractivity contribution in [2.24, 2.45) is 5.41 Å². The molecule has 170 valence electrons. The Labute approximate surface area is 185 Å². The van der Waals surface area contributed by atoms with Gasteiger partial charge < -0.3 is 13.9 Å².